The predicted octanol–water partition coefficient (Wildman–Crippen LogP) is 1.53. The Morgan fingerprint density at radius 2 is 2.00 bits per heavy atom. The van der Waals surface area contributed by atoms with Gasteiger partial charge in [0.25, 0.3) is 0 Å². The highest BCUT2D eigenvalue weighted by molar-refractivity contribution is 5.84. The lowest BCUT2D eigenvalue weighted by molar-refractivity contribution is -0.148. The van der Waals surface area contributed by atoms with Gasteiger partial charge in [-0.15, -0.1) is 0 Å². The molecule has 0 radical (unpaired) electrons. The van der Waals surface area contributed by atoms with E-state index in [0.717, 1.165) is 18.9 Å². The van der Waals surface area contributed by atoms with Crippen LogP contribution < -0.4 is 5.73 Å². The van der Waals surface area contributed by atoms with Crippen molar-refractivity contribution >= 4 is 5.91 Å². The molecule has 19 heavy (non-hydrogen) atoms. The Morgan fingerprint density at radius 1 is 1.26 bits per heavy atom. The first kappa shape index (κ1) is 13.4. The summed E-state index contributed by atoms with van der Waals surface area (Å²) < 4.78 is 5.45. The van der Waals surface area contributed by atoms with Crippen LogP contribution in [0.5, 0.6) is 0 Å². The number of nitrogens with two attached hydrogens (primary N) is 1. The molecule has 4 atom stereocenters. The van der Waals surface area contributed by atoms with E-state index < -0.39 is 5.41 Å². The lowest BCUT2D eigenvalue weighted by Gasteiger charge is -2.47. The Balaban J connectivity index is 1.78. The van der Waals surface area contributed by atoms with Crippen LogP contribution in [0.4, 0.5) is 0 Å². The van der Waals surface area contributed by atoms with Crippen molar-refractivity contribution in [1.29, 1.82) is 0 Å². The number of hydrogen-bond donors (Lipinski definition) is 1. The van der Waals surface area contributed by atoms with Gasteiger partial charge in [0.05, 0.1) is 18.6 Å². The topological polar surface area (TPSA) is 55.6 Å². The van der Waals surface area contributed by atoms with Crippen LogP contribution in [-0.4, -0.2) is 42.6 Å². The van der Waals surface area contributed by atoms with Gasteiger partial charge in [-0.25, -0.2) is 0 Å². The number of amides is 1. The average Bonchev–Trinajstić information content (AvgIpc) is 2.78. The molecule has 3 rings (SSSR count). The van der Waals surface area contributed by atoms with Crippen LogP contribution >= 0.6 is 0 Å². The Kier molecular flexibility index (Phi) is 3.56. The summed E-state index contributed by atoms with van der Waals surface area (Å²) in [6.45, 7) is 3.91. The van der Waals surface area contributed by atoms with Gasteiger partial charge in [0.2, 0.25) is 5.91 Å². The van der Waals surface area contributed by atoms with Gasteiger partial charge in [-0.3, -0.25) is 4.79 Å². The van der Waals surface area contributed by atoms with Gasteiger partial charge < -0.3 is 15.4 Å². The zero-order chi connectivity index (χ0) is 13.5. The molecule has 2 saturated heterocycles. The van der Waals surface area contributed by atoms with E-state index in [-0.39, 0.29) is 11.9 Å². The lowest BCUT2D eigenvalue weighted by Crippen LogP contribution is -2.58. The summed E-state index contributed by atoms with van der Waals surface area (Å²) in [4.78, 5) is 15.1. The number of ether oxygens (including phenoxy) is 1. The summed E-state index contributed by atoms with van der Waals surface area (Å²) in [5, 5.41) is 0. The maximum Gasteiger partial charge on any atom is 0.232 e. The Labute approximate surface area is 115 Å². The first-order valence-corrected chi connectivity index (χ1v) is 7.77. The number of fused-ring (bicyclic) bond motifs is 1. The van der Waals surface area contributed by atoms with E-state index in [2.05, 4.69) is 4.90 Å². The van der Waals surface area contributed by atoms with Crippen molar-refractivity contribution < 1.29 is 9.53 Å². The highest BCUT2D eigenvalue weighted by Gasteiger charge is 2.49. The first-order valence-electron chi connectivity index (χ1n) is 7.77. The molecule has 2 heterocycles. The fraction of sp³-hybridized carbons (Fsp3) is 0.933. The normalized spacial score (nSPS) is 43.1. The molecule has 3 fully saturated rings. The van der Waals surface area contributed by atoms with Crippen LogP contribution in [0.25, 0.3) is 0 Å². The maximum atomic E-state index is 13.0. The second-order valence-electron chi connectivity index (χ2n) is 6.79. The molecular weight excluding hydrogens is 240 g/mol. The Morgan fingerprint density at radius 3 is 2.74 bits per heavy atom. The maximum absolute atomic E-state index is 13.0. The van der Waals surface area contributed by atoms with Gasteiger partial charge in [-0.1, -0.05) is 12.8 Å². The van der Waals surface area contributed by atoms with Gasteiger partial charge in [-0.2, -0.15) is 0 Å². The third-order valence-corrected chi connectivity index (χ3v) is 5.51. The molecule has 0 aromatic heterocycles. The van der Waals surface area contributed by atoms with E-state index >= 15 is 0 Å². The van der Waals surface area contributed by atoms with Crippen molar-refractivity contribution in [2.75, 3.05) is 19.8 Å². The van der Waals surface area contributed by atoms with E-state index in [1.165, 1.54) is 32.1 Å². The Bertz CT molecular complexity index is 358. The van der Waals surface area contributed by atoms with Crippen LogP contribution in [0, 0.1) is 11.3 Å². The van der Waals surface area contributed by atoms with E-state index in [4.69, 9.17) is 10.5 Å². The zero-order valence-corrected chi connectivity index (χ0v) is 11.9. The van der Waals surface area contributed by atoms with Crippen molar-refractivity contribution in [3.63, 3.8) is 0 Å². The summed E-state index contributed by atoms with van der Waals surface area (Å²) in [5.41, 5.74) is 5.62. The lowest BCUT2D eigenvalue weighted by atomic mass is 9.76. The summed E-state index contributed by atoms with van der Waals surface area (Å²) >= 11 is 0. The van der Waals surface area contributed by atoms with Gasteiger partial charge in [0, 0.05) is 18.6 Å². The second kappa shape index (κ2) is 5.06. The largest absolute Gasteiger partial charge is 0.379 e. The monoisotopic (exact) mass is 266 g/mol. The van der Waals surface area contributed by atoms with E-state index in [1.807, 2.05) is 6.92 Å². The zero-order valence-electron chi connectivity index (χ0n) is 11.9. The SMILES string of the molecule is CC1(C(=O)N2CCCC3CCCCC32)COCC1N. The van der Waals surface area contributed by atoms with Crippen molar-refractivity contribution in [3.8, 4) is 0 Å². The molecule has 4 unspecified atom stereocenters. The van der Waals surface area contributed by atoms with Crippen LogP contribution in [0.3, 0.4) is 0 Å². The van der Waals surface area contributed by atoms with Gasteiger partial charge in [0.15, 0.2) is 0 Å². The molecule has 0 aromatic rings. The molecule has 2 aliphatic heterocycles. The Hall–Kier alpha value is -0.610. The molecule has 1 amide bonds. The number of piperidine rings is 1. The molecule has 1 saturated carbocycles. The molecule has 4 heteroatoms. The molecule has 0 bridgehead atoms. The number of rotatable bonds is 1. The van der Waals surface area contributed by atoms with E-state index in [1.54, 1.807) is 0 Å². The van der Waals surface area contributed by atoms with Crippen molar-refractivity contribution in [3.05, 3.63) is 0 Å². The second-order valence-corrected chi connectivity index (χ2v) is 6.79. The van der Waals surface area contributed by atoms with Gasteiger partial charge in [0.1, 0.15) is 0 Å². The minimum Gasteiger partial charge on any atom is -0.379 e. The standard InChI is InChI=1S/C15H26N2O2/c1-15(10-19-9-13(15)16)14(18)17-8-4-6-11-5-2-3-7-12(11)17/h11-13H,2-10,16H2,1H3. The minimum atomic E-state index is -0.501. The quantitative estimate of drug-likeness (QED) is 0.783. The molecule has 2 N–H and O–H groups in total. The summed E-state index contributed by atoms with van der Waals surface area (Å²) in [6.07, 6.45) is 7.54. The highest BCUT2D eigenvalue weighted by atomic mass is 16.5. The first-order chi connectivity index (χ1) is 9.13. The van der Waals surface area contributed by atoms with Crippen molar-refractivity contribution in [2.24, 2.45) is 17.1 Å². The minimum absolute atomic E-state index is 0.149. The summed E-state index contributed by atoms with van der Waals surface area (Å²) in [7, 11) is 0. The molecule has 3 aliphatic rings. The van der Waals surface area contributed by atoms with Gasteiger partial charge >= 0.3 is 0 Å². The highest BCUT2D eigenvalue weighted by Crippen LogP contribution is 2.39. The van der Waals surface area contributed by atoms with E-state index in [9.17, 15) is 4.79 Å². The number of carbonyl (C=O) groups excluding carboxylic acids is 1. The summed E-state index contributed by atoms with van der Waals surface area (Å²) in [5.74, 6) is 0.975. The molecule has 0 aromatic carbocycles. The number of hydrogen-bond acceptors (Lipinski definition) is 3. The van der Waals surface area contributed by atoms with E-state index in [0.29, 0.717) is 19.3 Å². The molecule has 1 aliphatic carbocycles. The average molecular weight is 266 g/mol. The number of likely N-dealkylation sites (tertiary alicyclic amines) is 1. The fourth-order valence-electron chi connectivity index (χ4n) is 4.11. The van der Waals surface area contributed by atoms with Gasteiger partial charge in [-0.05, 0) is 38.5 Å². The molecule has 4 nitrogen and oxygen atoms in total. The number of carbonyl (C=O) groups is 1. The predicted molar refractivity (Wildman–Crippen MR) is 73.6 cm³/mol. The third-order valence-electron chi connectivity index (χ3n) is 5.51. The smallest absolute Gasteiger partial charge is 0.232 e. The molecule has 108 valence electrons. The van der Waals surface area contributed by atoms with Crippen LogP contribution in [0.2, 0.25) is 0 Å². The summed E-state index contributed by atoms with van der Waals surface area (Å²) in [6, 6.07) is 0.323. The van der Waals surface area contributed by atoms with Crippen LogP contribution in [0.15, 0.2) is 0 Å². The fourth-order valence-corrected chi connectivity index (χ4v) is 4.11. The molecular formula is C15H26N2O2. The van der Waals surface area contributed by atoms with Crippen LogP contribution in [-0.2, 0) is 9.53 Å². The van der Waals surface area contributed by atoms with Crippen molar-refractivity contribution in [1.82, 2.24) is 4.90 Å². The molecule has 0 spiro atoms. The third kappa shape index (κ3) is 2.19. The van der Waals surface area contributed by atoms with Crippen molar-refractivity contribution in [2.45, 2.75) is 57.5 Å². The van der Waals surface area contributed by atoms with Crippen LogP contribution in [0.1, 0.15) is 45.4 Å². The number of nitrogens with zero attached hydrogens (tertiary/aromatic N) is 1.